The highest BCUT2D eigenvalue weighted by molar-refractivity contribution is 5.95. The number of carboxylic acids is 1. The summed E-state index contributed by atoms with van der Waals surface area (Å²) in [6.45, 7) is 5.78. The number of amides is 1. The van der Waals surface area contributed by atoms with Crippen LogP contribution in [0.2, 0.25) is 0 Å². The maximum atomic E-state index is 12.5. The number of carbonyl (C=O) groups is 2. The molecule has 2 aromatic carbocycles. The third-order valence-electron chi connectivity index (χ3n) is 6.46. The Morgan fingerprint density at radius 3 is 2.29 bits per heavy atom. The predicted molar refractivity (Wildman–Crippen MR) is 140 cm³/mol. The molecule has 0 fully saturated rings. The molecule has 0 aliphatic heterocycles. The van der Waals surface area contributed by atoms with Gasteiger partial charge in [0.05, 0.1) is 5.56 Å². The van der Waals surface area contributed by atoms with Gasteiger partial charge in [-0.2, -0.15) is 13.2 Å². The number of hydrogen-bond acceptors (Lipinski definition) is 4. The first-order valence-corrected chi connectivity index (χ1v) is 12.5. The molecule has 3 aromatic rings. The zero-order valence-electron chi connectivity index (χ0n) is 21.4. The second-order valence-electron chi connectivity index (χ2n) is 9.44. The van der Waals surface area contributed by atoms with Gasteiger partial charge in [0.1, 0.15) is 0 Å². The van der Waals surface area contributed by atoms with Crippen molar-refractivity contribution in [3.8, 4) is 11.1 Å². The summed E-state index contributed by atoms with van der Waals surface area (Å²) in [6.07, 6.45) is 1.61. The molecular formula is C29H32F3N3O3. The minimum Gasteiger partial charge on any atom is -0.475 e. The molecule has 0 spiro atoms. The first kappa shape index (κ1) is 28.8. The Morgan fingerprint density at radius 1 is 1.03 bits per heavy atom. The largest absolute Gasteiger partial charge is 0.490 e. The average Bonchev–Trinajstić information content (AvgIpc) is 3.33. The summed E-state index contributed by atoms with van der Waals surface area (Å²) in [5.41, 5.74) is 6.81. The smallest absolute Gasteiger partial charge is 0.475 e. The highest BCUT2D eigenvalue weighted by Gasteiger charge is 2.38. The fraction of sp³-hybridized carbons (Fsp3) is 0.345. The third kappa shape index (κ3) is 8.41. The van der Waals surface area contributed by atoms with Gasteiger partial charge >= 0.3 is 12.1 Å². The topological polar surface area (TPSA) is 91.3 Å². The number of nitrogens with zero attached hydrogens (tertiary/aromatic N) is 1. The van der Waals surface area contributed by atoms with Gasteiger partial charge in [-0.3, -0.25) is 9.78 Å². The van der Waals surface area contributed by atoms with Crippen LogP contribution in [0.4, 0.5) is 13.2 Å². The third-order valence-corrected chi connectivity index (χ3v) is 6.46. The summed E-state index contributed by atoms with van der Waals surface area (Å²) >= 11 is 0. The Labute approximate surface area is 220 Å². The van der Waals surface area contributed by atoms with Crippen molar-refractivity contribution >= 4 is 11.9 Å². The van der Waals surface area contributed by atoms with E-state index in [4.69, 9.17) is 9.90 Å². The van der Waals surface area contributed by atoms with Gasteiger partial charge in [-0.25, -0.2) is 4.79 Å². The van der Waals surface area contributed by atoms with E-state index in [1.54, 1.807) is 6.20 Å². The molecule has 1 aromatic heterocycles. The van der Waals surface area contributed by atoms with Gasteiger partial charge in [0, 0.05) is 37.1 Å². The number of nitrogens with one attached hydrogen (secondary N) is 2. The van der Waals surface area contributed by atoms with Crippen molar-refractivity contribution in [2.45, 2.75) is 51.9 Å². The van der Waals surface area contributed by atoms with Gasteiger partial charge < -0.3 is 15.7 Å². The van der Waals surface area contributed by atoms with Crippen molar-refractivity contribution in [3.05, 3.63) is 89.2 Å². The molecule has 1 aliphatic carbocycles. The molecule has 1 aliphatic rings. The highest BCUT2D eigenvalue weighted by Crippen LogP contribution is 2.23. The van der Waals surface area contributed by atoms with Crippen LogP contribution >= 0.6 is 0 Å². The van der Waals surface area contributed by atoms with E-state index in [-0.39, 0.29) is 5.91 Å². The summed E-state index contributed by atoms with van der Waals surface area (Å²) in [4.78, 5) is 25.7. The summed E-state index contributed by atoms with van der Waals surface area (Å²) in [5.74, 6) is -2.35. The first-order chi connectivity index (χ1) is 18.1. The number of aliphatic carboxylic acids is 1. The molecule has 9 heteroatoms. The van der Waals surface area contributed by atoms with E-state index in [9.17, 15) is 18.0 Å². The van der Waals surface area contributed by atoms with Gasteiger partial charge in [-0.05, 0) is 53.1 Å². The average molecular weight is 528 g/mol. The molecule has 0 saturated carbocycles. The maximum Gasteiger partial charge on any atom is 0.490 e. The zero-order valence-corrected chi connectivity index (χ0v) is 21.4. The monoisotopic (exact) mass is 527 g/mol. The summed E-state index contributed by atoms with van der Waals surface area (Å²) in [7, 11) is 0. The Morgan fingerprint density at radius 2 is 1.68 bits per heavy atom. The minimum atomic E-state index is -5.08. The minimum absolute atomic E-state index is 0.0618. The lowest BCUT2D eigenvalue weighted by atomic mass is 10.0. The molecule has 1 heterocycles. The summed E-state index contributed by atoms with van der Waals surface area (Å²) in [6, 6.07) is 19.6. The van der Waals surface area contributed by atoms with Crippen molar-refractivity contribution < 1.29 is 27.9 Å². The molecule has 0 unspecified atom stereocenters. The van der Waals surface area contributed by atoms with E-state index in [2.05, 4.69) is 78.0 Å². The first-order valence-electron chi connectivity index (χ1n) is 12.5. The SMILES string of the molecule is CC[C@H](C)CNC(=O)c1cncc(-c2cccc(CNC3Cc4ccccc4C3)c2)c1.O=C(O)C(F)(F)F. The molecule has 38 heavy (non-hydrogen) atoms. The van der Waals surface area contributed by atoms with Crippen LogP contribution in [-0.4, -0.2) is 40.7 Å². The van der Waals surface area contributed by atoms with Gasteiger partial charge in [0.15, 0.2) is 0 Å². The van der Waals surface area contributed by atoms with Crippen molar-refractivity contribution in [1.29, 1.82) is 0 Å². The Kier molecular flexibility index (Phi) is 10.0. The number of aromatic nitrogens is 1. The number of benzene rings is 2. The summed E-state index contributed by atoms with van der Waals surface area (Å²) < 4.78 is 31.7. The van der Waals surface area contributed by atoms with E-state index in [0.29, 0.717) is 24.1 Å². The van der Waals surface area contributed by atoms with Crippen LogP contribution < -0.4 is 10.6 Å². The maximum absolute atomic E-state index is 12.5. The molecule has 1 atom stereocenters. The Bertz CT molecular complexity index is 1220. The quantitative estimate of drug-likeness (QED) is 0.364. The van der Waals surface area contributed by atoms with Gasteiger partial charge in [0.2, 0.25) is 0 Å². The van der Waals surface area contributed by atoms with Gasteiger partial charge in [-0.15, -0.1) is 0 Å². The molecular weight excluding hydrogens is 495 g/mol. The van der Waals surface area contributed by atoms with Crippen molar-refractivity contribution in [2.75, 3.05) is 6.54 Å². The van der Waals surface area contributed by atoms with Crippen molar-refractivity contribution in [1.82, 2.24) is 15.6 Å². The lowest BCUT2D eigenvalue weighted by molar-refractivity contribution is -0.192. The molecule has 6 nitrogen and oxygen atoms in total. The number of rotatable bonds is 8. The summed E-state index contributed by atoms with van der Waals surface area (Å²) in [5, 5.41) is 13.8. The van der Waals surface area contributed by atoms with Gasteiger partial charge in [0.25, 0.3) is 5.91 Å². The number of fused-ring (bicyclic) bond motifs is 1. The van der Waals surface area contributed by atoms with Gasteiger partial charge in [-0.1, -0.05) is 62.7 Å². The number of alkyl halides is 3. The molecule has 4 rings (SSSR count). The van der Waals surface area contributed by atoms with E-state index in [1.165, 1.54) is 16.7 Å². The lowest BCUT2D eigenvalue weighted by Crippen LogP contribution is -2.28. The molecule has 0 radical (unpaired) electrons. The highest BCUT2D eigenvalue weighted by atomic mass is 19.4. The Hall–Kier alpha value is -3.72. The molecule has 1 amide bonds. The zero-order chi connectivity index (χ0) is 27.7. The number of carbonyl (C=O) groups excluding carboxylic acids is 1. The van der Waals surface area contributed by atoms with Crippen LogP contribution in [0.1, 0.15) is 47.3 Å². The lowest BCUT2D eigenvalue weighted by Gasteiger charge is -2.13. The van der Waals surface area contributed by atoms with Crippen LogP contribution in [0.5, 0.6) is 0 Å². The normalized spacial score (nSPS) is 13.7. The molecule has 0 bridgehead atoms. The van der Waals surface area contributed by atoms with Crippen LogP contribution in [0.25, 0.3) is 11.1 Å². The second kappa shape index (κ2) is 13.2. The number of hydrogen-bond donors (Lipinski definition) is 3. The van der Waals surface area contributed by atoms with E-state index >= 15 is 0 Å². The van der Waals surface area contributed by atoms with Crippen LogP contribution in [0, 0.1) is 5.92 Å². The molecule has 0 saturated heterocycles. The predicted octanol–water partition coefficient (Wildman–Crippen LogP) is 5.41. The van der Waals surface area contributed by atoms with Crippen LogP contribution in [-0.2, 0) is 24.2 Å². The van der Waals surface area contributed by atoms with Crippen LogP contribution in [0.3, 0.4) is 0 Å². The second-order valence-corrected chi connectivity index (χ2v) is 9.44. The van der Waals surface area contributed by atoms with E-state index in [1.807, 2.05) is 12.3 Å². The molecule has 3 N–H and O–H groups in total. The van der Waals surface area contributed by atoms with E-state index in [0.717, 1.165) is 36.9 Å². The van der Waals surface area contributed by atoms with Crippen molar-refractivity contribution in [3.63, 3.8) is 0 Å². The Balaban J connectivity index is 0.000000505. The number of pyridine rings is 1. The number of halogens is 3. The standard InChI is InChI=1S/C27H31N3O.C2HF3O2/c1-3-19(2)15-30-27(31)25-12-24(17-28-18-25)21-10-6-7-20(11-21)16-29-26-13-22-8-4-5-9-23(22)14-26;3-2(4,5)1(6)7/h4-12,17-19,26,29H,3,13-16H2,1-2H3,(H,30,31);(H,6,7)/t19-;/m0./s1. The fourth-order valence-corrected chi connectivity index (χ4v) is 4.06. The fourth-order valence-electron chi connectivity index (χ4n) is 4.06. The molecule has 202 valence electrons. The van der Waals surface area contributed by atoms with Crippen molar-refractivity contribution in [2.24, 2.45) is 5.92 Å². The van der Waals surface area contributed by atoms with E-state index < -0.39 is 12.1 Å². The van der Waals surface area contributed by atoms with Crippen LogP contribution in [0.15, 0.2) is 67.0 Å². The number of carboxylic acid groups (broad SMARTS) is 1.